The molecule has 3 N–H and O–H groups in total. The van der Waals surface area contributed by atoms with Crippen LogP contribution in [0.4, 0.5) is 0 Å². The second-order valence-electron chi connectivity index (χ2n) is 6.01. The molecular weight excluding hydrogens is 228 g/mol. The number of hydrogen-bond donors (Lipinski definition) is 3. The van der Waals surface area contributed by atoms with Gasteiger partial charge in [-0.2, -0.15) is 0 Å². The molecule has 1 aliphatic heterocycles. The first-order valence-corrected chi connectivity index (χ1v) is 7.53. The zero-order chi connectivity index (χ0) is 12.8. The van der Waals surface area contributed by atoms with E-state index in [0.717, 1.165) is 45.4 Å². The number of nitrogens with zero attached hydrogens (tertiary/aromatic N) is 1. The third-order valence-electron chi connectivity index (χ3n) is 4.24. The van der Waals surface area contributed by atoms with E-state index in [4.69, 9.17) is 0 Å². The Bertz CT molecular complexity index is 232. The van der Waals surface area contributed by atoms with E-state index in [1.807, 2.05) is 0 Å². The van der Waals surface area contributed by atoms with E-state index >= 15 is 0 Å². The first-order valence-electron chi connectivity index (χ1n) is 7.53. The van der Waals surface area contributed by atoms with Gasteiger partial charge in [-0.15, -0.1) is 0 Å². The van der Waals surface area contributed by atoms with Gasteiger partial charge in [0.25, 0.3) is 0 Å². The van der Waals surface area contributed by atoms with Crippen LogP contribution >= 0.6 is 0 Å². The standard InChI is InChI=1S/C14H28N2O2/c17-13-5-3-4-12(8-13)9-15-10-14(18)11-16-6-1-2-7-16/h12-15,17-18H,1-11H2. The SMILES string of the molecule is OC1CCCC(CNCC(O)CN2CCCC2)C1. The predicted molar refractivity (Wildman–Crippen MR) is 72.5 cm³/mol. The summed E-state index contributed by atoms with van der Waals surface area (Å²) in [4.78, 5) is 2.34. The van der Waals surface area contributed by atoms with Gasteiger partial charge in [-0.3, -0.25) is 0 Å². The van der Waals surface area contributed by atoms with E-state index in [1.165, 1.54) is 19.3 Å². The summed E-state index contributed by atoms with van der Waals surface area (Å²) >= 11 is 0. The zero-order valence-electron chi connectivity index (χ0n) is 11.4. The molecule has 0 aromatic heterocycles. The third-order valence-corrected chi connectivity index (χ3v) is 4.24. The highest BCUT2D eigenvalue weighted by Crippen LogP contribution is 2.23. The summed E-state index contributed by atoms with van der Waals surface area (Å²) in [6.45, 7) is 4.72. The third kappa shape index (κ3) is 4.84. The normalized spacial score (nSPS) is 31.7. The van der Waals surface area contributed by atoms with Crippen LogP contribution in [-0.4, -0.2) is 60.0 Å². The number of rotatable bonds is 6. The summed E-state index contributed by atoms with van der Waals surface area (Å²) in [6.07, 6.45) is 6.45. The molecule has 2 rings (SSSR count). The Kier molecular flexibility index (Phi) is 5.89. The number of aliphatic hydroxyl groups is 2. The van der Waals surface area contributed by atoms with Crippen LogP contribution < -0.4 is 5.32 Å². The first-order chi connectivity index (χ1) is 8.74. The van der Waals surface area contributed by atoms with Gasteiger partial charge in [-0.05, 0) is 57.7 Å². The lowest BCUT2D eigenvalue weighted by Crippen LogP contribution is -2.39. The Balaban J connectivity index is 1.53. The maximum atomic E-state index is 9.94. The molecule has 1 saturated heterocycles. The molecule has 0 radical (unpaired) electrons. The topological polar surface area (TPSA) is 55.7 Å². The molecule has 0 aromatic carbocycles. The Morgan fingerprint density at radius 3 is 2.67 bits per heavy atom. The van der Waals surface area contributed by atoms with Crippen molar-refractivity contribution in [3.8, 4) is 0 Å². The van der Waals surface area contributed by atoms with E-state index in [1.54, 1.807) is 0 Å². The highest BCUT2D eigenvalue weighted by molar-refractivity contribution is 4.76. The Hall–Kier alpha value is -0.160. The Morgan fingerprint density at radius 2 is 1.94 bits per heavy atom. The van der Waals surface area contributed by atoms with Gasteiger partial charge in [0.15, 0.2) is 0 Å². The second-order valence-corrected chi connectivity index (χ2v) is 6.01. The fourth-order valence-corrected chi connectivity index (χ4v) is 3.23. The van der Waals surface area contributed by atoms with Crippen molar-refractivity contribution in [2.75, 3.05) is 32.7 Å². The van der Waals surface area contributed by atoms with Crippen molar-refractivity contribution in [3.05, 3.63) is 0 Å². The van der Waals surface area contributed by atoms with E-state index in [0.29, 0.717) is 12.5 Å². The van der Waals surface area contributed by atoms with Crippen LogP contribution in [0.25, 0.3) is 0 Å². The molecule has 0 aromatic rings. The van der Waals surface area contributed by atoms with E-state index in [2.05, 4.69) is 10.2 Å². The zero-order valence-corrected chi connectivity index (χ0v) is 11.4. The van der Waals surface area contributed by atoms with Crippen molar-refractivity contribution in [1.29, 1.82) is 0 Å². The fraction of sp³-hybridized carbons (Fsp3) is 1.00. The predicted octanol–water partition coefficient (Wildman–Crippen LogP) is 0.584. The first kappa shape index (κ1) is 14.3. The monoisotopic (exact) mass is 256 g/mol. The molecule has 1 heterocycles. The van der Waals surface area contributed by atoms with Gasteiger partial charge in [-0.25, -0.2) is 0 Å². The van der Waals surface area contributed by atoms with Crippen LogP contribution in [0.3, 0.4) is 0 Å². The molecule has 4 nitrogen and oxygen atoms in total. The van der Waals surface area contributed by atoms with Crippen LogP contribution in [-0.2, 0) is 0 Å². The Morgan fingerprint density at radius 1 is 1.17 bits per heavy atom. The molecule has 2 aliphatic rings. The summed E-state index contributed by atoms with van der Waals surface area (Å²) in [7, 11) is 0. The quantitative estimate of drug-likeness (QED) is 0.651. The van der Waals surface area contributed by atoms with Crippen molar-refractivity contribution < 1.29 is 10.2 Å². The molecule has 2 fully saturated rings. The maximum Gasteiger partial charge on any atom is 0.0791 e. The molecule has 1 aliphatic carbocycles. The van der Waals surface area contributed by atoms with Gasteiger partial charge in [0, 0.05) is 13.1 Å². The lowest BCUT2D eigenvalue weighted by Gasteiger charge is -2.27. The number of β-amino-alcohol motifs (C(OH)–C–C–N with tert-alkyl or cyclic N) is 1. The Labute approximate surface area is 110 Å². The van der Waals surface area contributed by atoms with E-state index in [-0.39, 0.29) is 12.2 Å². The minimum Gasteiger partial charge on any atom is -0.393 e. The average molecular weight is 256 g/mol. The molecule has 0 bridgehead atoms. The van der Waals surface area contributed by atoms with Gasteiger partial charge in [0.1, 0.15) is 0 Å². The second kappa shape index (κ2) is 7.43. The van der Waals surface area contributed by atoms with Gasteiger partial charge in [-0.1, -0.05) is 6.42 Å². The number of likely N-dealkylation sites (tertiary alicyclic amines) is 1. The van der Waals surface area contributed by atoms with Gasteiger partial charge in [0.05, 0.1) is 12.2 Å². The minimum atomic E-state index is -0.253. The summed E-state index contributed by atoms with van der Waals surface area (Å²) in [5.74, 6) is 0.590. The molecule has 3 unspecified atom stereocenters. The average Bonchev–Trinajstić information content (AvgIpc) is 2.82. The van der Waals surface area contributed by atoms with E-state index < -0.39 is 0 Å². The molecule has 3 atom stereocenters. The van der Waals surface area contributed by atoms with Crippen LogP contribution in [0.1, 0.15) is 38.5 Å². The number of nitrogens with one attached hydrogen (secondary N) is 1. The summed E-state index contributed by atoms with van der Waals surface area (Å²) < 4.78 is 0. The summed E-state index contributed by atoms with van der Waals surface area (Å²) in [5, 5.41) is 22.9. The molecule has 4 heteroatoms. The molecule has 18 heavy (non-hydrogen) atoms. The smallest absolute Gasteiger partial charge is 0.0791 e. The van der Waals surface area contributed by atoms with E-state index in [9.17, 15) is 10.2 Å². The highest BCUT2D eigenvalue weighted by atomic mass is 16.3. The lowest BCUT2D eigenvalue weighted by atomic mass is 9.87. The van der Waals surface area contributed by atoms with Crippen molar-refractivity contribution >= 4 is 0 Å². The van der Waals surface area contributed by atoms with Gasteiger partial charge >= 0.3 is 0 Å². The number of hydrogen-bond acceptors (Lipinski definition) is 4. The molecule has 106 valence electrons. The highest BCUT2D eigenvalue weighted by Gasteiger charge is 2.20. The minimum absolute atomic E-state index is 0.0972. The van der Waals surface area contributed by atoms with Crippen LogP contribution in [0, 0.1) is 5.92 Å². The number of aliphatic hydroxyl groups excluding tert-OH is 2. The molecule has 0 spiro atoms. The summed E-state index contributed by atoms with van der Waals surface area (Å²) in [5.41, 5.74) is 0. The largest absolute Gasteiger partial charge is 0.393 e. The van der Waals surface area contributed by atoms with Crippen molar-refractivity contribution in [1.82, 2.24) is 10.2 Å². The van der Waals surface area contributed by atoms with Crippen LogP contribution in [0.15, 0.2) is 0 Å². The maximum absolute atomic E-state index is 9.94. The van der Waals surface area contributed by atoms with Gasteiger partial charge < -0.3 is 20.4 Å². The van der Waals surface area contributed by atoms with Crippen LogP contribution in [0.5, 0.6) is 0 Å². The molecule has 0 amide bonds. The van der Waals surface area contributed by atoms with Crippen molar-refractivity contribution in [2.45, 2.75) is 50.7 Å². The van der Waals surface area contributed by atoms with Crippen LogP contribution in [0.2, 0.25) is 0 Å². The lowest BCUT2D eigenvalue weighted by molar-refractivity contribution is 0.0949. The van der Waals surface area contributed by atoms with Gasteiger partial charge in [0.2, 0.25) is 0 Å². The summed E-state index contributed by atoms with van der Waals surface area (Å²) in [6, 6.07) is 0. The fourth-order valence-electron chi connectivity index (χ4n) is 3.23. The molecular formula is C14H28N2O2. The molecule has 1 saturated carbocycles. The van der Waals surface area contributed by atoms with Crippen molar-refractivity contribution in [3.63, 3.8) is 0 Å². The van der Waals surface area contributed by atoms with Crippen molar-refractivity contribution in [2.24, 2.45) is 5.92 Å².